The molecule has 0 aliphatic rings. The molecular formula is C22H19ClN2O4. The van der Waals surface area contributed by atoms with E-state index < -0.39 is 5.91 Å². The van der Waals surface area contributed by atoms with Crippen molar-refractivity contribution in [3.05, 3.63) is 88.4 Å². The Morgan fingerprint density at radius 1 is 1.10 bits per heavy atom. The molecule has 3 aromatic carbocycles. The number of rotatable bonds is 7. The van der Waals surface area contributed by atoms with Gasteiger partial charge in [0.25, 0.3) is 5.91 Å². The maximum atomic E-state index is 12.0. The first-order valence-electron chi connectivity index (χ1n) is 8.74. The number of carbonyl (C=O) groups is 1. The number of amides is 1. The van der Waals surface area contributed by atoms with Crippen molar-refractivity contribution in [2.24, 2.45) is 5.10 Å². The Balaban J connectivity index is 1.65. The highest BCUT2D eigenvalue weighted by atomic mass is 35.5. The zero-order chi connectivity index (χ0) is 20.6. The number of methoxy groups -OCH3 is 1. The van der Waals surface area contributed by atoms with Crippen LogP contribution in [-0.2, 0) is 6.61 Å². The molecule has 0 radical (unpaired) electrons. The van der Waals surface area contributed by atoms with E-state index >= 15 is 0 Å². The van der Waals surface area contributed by atoms with Crippen LogP contribution in [0.5, 0.6) is 17.2 Å². The Morgan fingerprint density at radius 3 is 2.62 bits per heavy atom. The van der Waals surface area contributed by atoms with E-state index in [2.05, 4.69) is 10.5 Å². The SMILES string of the molecule is COc1cc(/C=N\NC(=O)c2ccccc2O)ccc1OCc1ccccc1Cl. The van der Waals surface area contributed by atoms with Crippen molar-refractivity contribution in [1.29, 1.82) is 0 Å². The lowest BCUT2D eigenvalue weighted by atomic mass is 10.2. The van der Waals surface area contributed by atoms with Crippen LogP contribution in [-0.4, -0.2) is 24.3 Å². The van der Waals surface area contributed by atoms with Crippen LogP contribution in [0.3, 0.4) is 0 Å². The second kappa shape index (κ2) is 9.61. The summed E-state index contributed by atoms with van der Waals surface area (Å²) < 4.78 is 11.2. The van der Waals surface area contributed by atoms with Crippen LogP contribution in [0.1, 0.15) is 21.5 Å². The topological polar surface area (TPSA) is 80.2 Å². The van der Waals surface area contributed by atoms with E-state index in [1.54, 1.807) is 43.5 Å². The number of benzene rings is 3. The quantitative estimate of drug-likeness (QED) is 0.447. The van der Waals surface area contributed by atoms with Crippen LogP contribution < -0.4 is 14.9 Å². The minimum Gasteiger partial charge on any atom is -0.507 e. The number of nitrogens with zero attached hydrogens (tertiary/aromatic N) is 1. The molecule has 0 saturated carbocycles. The number of hydrogen-bond donors (Lipinski definition) is 2. The number of carbonyl (C=O) groups excluding carboxylic acids is 1. The lowest BCUT2D eigenvalue weighted by Gasteiger charge is -2.12. The fraction of sp³-hybridized carbons (Fsp3) is 0.0909. The van der Waals surface area contributed by atoms with E-state index in [4.69, 9.17) is 21.1 Å². The number of ether oxygens (including phenoxy) is 2. The van der Waals surface area contributed by atoms with E-state index in [-0.39, 0.29) is 11.3 Å². The average Bonchev–Trinajstić information content (AvgIpc) is 2.74. The van der Waals surface area contributed by atoms with E-state index in [9.17, 15) is 9.90 Å². The van der Waals surface area contributed by atoms with Gasteiger partial charge in [-0.3, -0.25) is 4.79 Å². The van der Waals surface area contributed by atoms with E-state index in [0.717, 1.165) is 5.56 Å². The van der Waals surface area contributed by atoms with Gasteiger partial charge < -0.3 is 14.6 Å². The van der Waals surface area contributed by atoms with E-state index in [0.29, 0.717) is 28.7 Å². The number of halogens is 1. The van der Waals surface area contributed by atoms with Gasteiger partial charge in [0.1, 0.15) is 12.4 Å². The highest BCUT2D eigenvalue weighted by Crippen LogP contribution is 2.29. The molecule has 7 heteroatoms. The molecule has 0 aromatic heterocycles. The molecule has 0 bridgehead atoms. The Bertz CT molecular complexity index is 1040. The van der Waals surface area contributed by atoms with Crippen LogP contribution in [0.25, 0.3) is 0 Å². The lowest BCUT2D eigenvalue weighted by Crippen LogP contribution is -2.17. The van der Waals surface area contributed by atoms with E-state index in [1.807, 2.05) is 18.2 Å². The fourth-order valence-electron chi connectivity index (χ4n) is 2.55. The number of aromatic hydroxyl groups is 1. The van der Waals surface area contributed by atoms with Gasteiger partial charge in [-0.15, -0.1) is 0 Å². The second-order valence-electron chi connectivity index (χ2n) is 6.01. The fourth-order valence-corrected chi connectivity index (χ4v) is 2.74. The molecule has 0 aliphatic carbocycles. The summed E-state index contributed by atoms with van der Waals surface area (Å²) >= 11 is 6.15. The third-order valence-electron chi connectivity index (χ3n) is 4.06. The Kier molecular flexibility index (Phi) is 6.71. The largest absolute Gasteiger partial charge is 0.507 e. The van der Waals surface area contributed by atoms with E-state index in [1.165, 1.54) is 18.3 Å². The summed E-state index contributed by atoms with van der Waals surface area (Å²) in [6, 6.07) is 19.0. The number of phenolic OH excluding ortho intramolecular Hbond substituents is 1. The molecule has 6 nitrogen and oxygen atoms in total. The Hall–Kier alpha value is -3.51. The third-order valence-corrected chi connectivity index (χ3v) is 4.43. The molecular weight excluding hydrogens is 392 g/mol. The normalized spacial score (nSPS) is 10.7. The first-order chi connectivity index (χ1) is 14.1. The monoisotopic (exact) mass is 410 g/mol. The van der Waals surface area contributed by atoms with Gasteiger partial charge in [0.05, 0.1) is 18.9 Å². The van der Waals surface area contributed by atoms with Crippen molar-refractivity contribution in [3.63, 3.8) is 0 Å². The van der Waals surface area contributed by atoms with Gasteiger partial charge in [-0.2, -0.15) is 5.10 Å². The van der Waals surface area contributed by atoms with Crippen molar-refractivity contribution in [1.82, 2.24) is 5.43 Å². The molecule has 3 rings (SSSR count). The molecule has 0 fully saturated rings. The summed E-state index contributed by atoms with van der Waals surface area (Å²) in [5, 5.41) is 14.2. The molecule has 0 heterocycles. The summed E-state index contributed by atoms with van der Waals surface area (Å²) in [5.41, 5.74) is 4.09. The minimum atomic E-state index is -0.508. The van der Waals surface area contributed by atoms with Crippen LogP contribution in [0, 0.1) is 0 Å². The first-order valence-corrected chi connectivity index (χ1v) is 9.12. The molecule has 0 atom stereocenters. The van der Waals surface area contributed by atoms with Crippen molar-refractivity contribution in [2.75, 3.05) is 7.11 Å². The van der Waals surface area contributed by atoms with Crippen molar-refractivity contribution in [2.45, 2.75) is 6.61 Å². The Morgan fingerprint density at radius 2 is 1.86 bits per heavy atom. The van der Waals surface area contributed by atoms with Gasteiger partial charge in [0.2, 0.25) is 0 Å². The number of hydrogen-bond acceptors (Lipinski definition) is 5. The molecule has 0 spiro atoms. The van der Waals surface area contributed by atoms with Gasteiger partial charge in [-0.25, -0.2) is 5.43 Å². The maximum absolute atomic E-state index is 12.0. The molecule has 2 N–H and O–H groups in total. The molecule has 0 unspecified atom stereocenters. The van der Waals surface area contributed by atoms with Crippen molar-refractivity contribution >= 4 is 23.7 Å². The van der Waals surface area contributed by atoms with Crippen molar-refractivity contribution < 1.29 is 19.4 Å². The molecule has 0 saturated heterocycles. The summed E-state index contributed by atoms with van der Waals surface area (Å²) in [6.45, 7) is 0.306. The van der Waals surface area contributed by atoms with Crippen LogP contribution in [0.4, 0.5) is 0 Å². The van der Waals surface area contributed by atoms with Gasteiger partial charge in [0, 0.05) is 10.6 Å². The lowest BCUT2D eigenvalue weighted by molar-refractivity contribution is 0.0952. The van der Waals surface area contributed by atoms with Crippen molar-refractivity contribution in [3.8, 4) is 17.2 Å². The predicted molar refractivity (Wildman–Crippen MR) is 112 cm³/mol. The minimum absolute atomic E-state index is 0.109. The van der Waals surface area contributed by atoms with Crippen LogP contribution in [0.2, 0.25) is 5.02 Å². The smallest absolute Gasteiger partial charge is 0.275 e. The molecule has 1 amide bonds. The number of nitrogens with one attached hydrogen (secondary N) is 1. The maximum Gasteiger partial charge on any atom is 0.275 e. The molecule has 3 aromatic rings. The van der Waals surface area contributed by atoms with Crippen LogP contribution in [0.15, 0.2) is 71.8 Å². The predicted octanol–water partition coefficient (Wildman–Crippen LogP) is 4.40. The zero-order valence-electron chi connectivity index (χ0n) is 15.6. The molecule has 29 heavy (non-hydrogen) atoms. The number of para-hydroxylation sites is 1. The average molecular weight is 411 g/mol. The summed E-state index contributed by atoms with van der Waals surface area (Å²) in [7, 11) is 1.54. The van der Waals surface area contributed by atoms with Gasteiger partial charge in [0.15, 0.2) is 11.5 Å². The Labute approximate surface area is 173 Å². The summed E-state index contributed by atoms with van der Waals surface area (Å²) in [6.07, 6.45) is 1.47. The second-order valence-corrected chi connectivity index (χ2v) is 6.41. The van der Waals surface area contributed by atoms with Gasteiger partial charge >= 0.3 is 0 Å². The highest BCUT2D eigenvalue weighted by molar-refractivity contribution is 6.31. The molecule has 148 valence electrons. The van der Waals surface area contributed by atoms with Crippen LogP contribution >= 0.6 is 11.6 Å². The standard InChI is InChI=1S/C22H19ClN2O4/c1-28-21-12-15(13-24-25-22(27)17-7-3-5-9-19(17)26)10-11-20(21)29-14-16-6-2-4-8-18(16)23/h2-13,26H,14H2,1H3,(H,25,27)/b24-13-. The highest BCUT2D eigenvalue weighted by Gasteiger charge is 2.09. The van der Waals surface area contributed by atoms with Gasteiger partial charge in [-0.1, -0.05) is 41.9 Å². The first kappa shape index (κ1) is 20.2. The third kappa shape index (κ3) is 5.27. The number of hydrazone groups is 1. The summed E-state index contributed by atoms with van der Waals surface area (Å²) in [5.74, 6) is 0.462. The summed E-state index contributed by atoms with van der Waals surface area (Å²) in [4.78, 5) is 12.0. The van der Waals surface area contributed by atoms with Gasteiger partial charge in [-0.05, 0) is 42.0 Å². The number of phenols is 1. The molecule has 0 aliphatic heterocycles. The zero-order valence-corrected chi connectivity index (χ0v) is 16.4.